The standard InChI is InChI=1S/C14H15O5PS/c1-2-13(15)18-12-8-9-21-14(12)19-20(16,17)10-11-6-4-3-5-7-11/h3-9H,2,10H2,1H3,(H,16,17). The molecule has 21 heavy (non-hydrogen) atoms. The fourth-order valence-electron chi connectivity index (χ4n) is 1.60. The highest BCUT2D eigenvalue weighted by Gasteiger charge is 2.25. The number of carbonyl (C=O) groups is 1. The first-order valence-electron chi connectivity index (χ1n) is 6.33. The van der Waals surface area contributed by atoms with Crippen LogP contribution in [0.15, 0.2) is 41.8 Å². The molecule has 7 heteroatoms. The van der Waals surface area contributed by atoms with E-state index in [1.807, 2.05) is 6.07 Å². The van der Waals surface area contributed by atoms with Gasteiger partial charge in [-0.2, -0.15) is 0 Å². The van der Waals surface area contributed by atoms with Gasteiger partial charge in [-0.1, -0.05) is 37.3 Å². The summed E-state index contributed by atoms with van der Waals surface area (Å²) in [5, 5.41) is 1.77. The second-order valence-corrected chi connectivity index (χ2v) is 6.92. The number of hydrogen-bond donors (Lipinski definition) is 1. The second kappa shape index (κ2) is 6.89. The van der Waals surface area contributed by atoms with E-state index in [1.165, 1.54) is 6.07 Å². The molecule has 5 nitrogen and oxygen atoms in total. The van der Waals surface area contributed by atoms with E-state index in [2.05, 4.69) is 0 Å². The van der Waals surface area contributed by atoms with Crippen molar-refractivity contribution >= 4 is 24.9 Å². The minimum absolute atomic E-state index is 0.104. The molecule has 1 aromatic carbocycles. The van der Waals surface area contributed by atoms with E-state index in [1.54, 1.807) is 36.6 Å². The third-order valence-electron chi connectivity index (χ3n) is 2.56. The van der Waals surface area contributed by atoms with Crippen molar-refractivity contribution in [3.05, 3.63) is 47.3 Å². The van der Waals surface area contributed by atoms with Crippen LogP contribution < -0.4 is 9.26 Å². The Labute approximate surface area is 126 Å². The van der Waals surface area contributed by atoms with Gasteiger partial charge in [0, 0.05) is 6.42 Å². The Bertz CT molecular complexity index is 652. The SMILES string of the molecule is CCC(=O)Oc1ccsc1OP(=O)(O)Cc1ccccc1. The highest BCUT2D eigenvalue weighted by atomic mass is 32.1. The van der Waals surface area contributed by atoms with Gasteiger partial charge in [-0.15, -0.1) is 11.3 Å². The minimum atomic E-state index is -3.86. The molecule has 0 fully saturated rings. The number of rotatable bonds is 6. The lowest BCUT2D eigenvalue weighted by atomic mass is 10.2. The summed E-state index contributed by atoms with van der Waals surface area (Å²) in [7, 11) is -3.86. The van der Waals surface area contributed by atoms with Crippen LogP contribution in [0.1, 0.15) is 18.9 Å². The van der Waals surface area contributed by atoms with Gasteiger partial charge < -0.3 is 14.2 Å². The van der Waals surface area contributed by atoms with Gasteiger partial charge in [-0.3, -0.25) is 4.79 Å². The third-order valence-corrected chi connectivity index (χ3v) is 4.69. The zero-order valence-electron chi connectivity index (χ0n) is 11.4. The van der Waals surface area contributed by atoms with Gasteiger partial charge in [-0.05, 0) is 17.0 Å². The normalized spacial score (nSPS) is 13.4. The number of esters is 1. The van der Waals surface area contributed by atoms with Crippen LogP contribution in [0.4, 0.5) is 0 Å². The van der Waals surface area contributed by atoms with Crippen molar-refractivity contribution in [3.63, 3.8) is 0 Å². The first-order valence-corrected chi connectivity index (χ1v) is 8.98. The van der Waals surface area contributed by atoms with E-state index < -0.39 is 13.6 Å². The van der Waals surface area contributed by atoms with Crippen molar-refractivity contribution in [1.82, 2.24) is 0 Å². The molecule has 0 saturated heterocycles. The summed E-state index contributed by atoms with van der Waals surface area (Å²) < 4.78 is 22.4. The number of benzene rings is 1. The molecule has 112 valence electrons. The molecule has 1 aromatic heterocycles. The van der Waals surface area contributed by atoms with Crippen LogP contribution in [0, 0.1) is 0 Å². The Kier molecular flexibility index (Phi) is 5.17. The predicted molar refractivity (Wildman–Crippen MR) is 80.8 cm³/mol. The van der Waals surface area contributed by atoms with Gasteiger partial charge in [0.25, 0.3) is 0 Å². The molecule has 1 N–H and O–H groups in total. The molecule has 0 amide bonds. The van der Waals surface area contributed by atoms with Crippen LogP contribution in [0.3, 0.4) is 0 Å². The van der Waals surface area contributed by atoms with Gasteiger partial charge in [0.15, 0.2) is 5.75 Å². The summed E-state index contributed by atoms with van der Waals surface area (Å²) in [5.41, 5.74) is 0.701. The van der Waals surface area contributed by atoms with E-state index in [9.17, 15) is 14.3 Å². The lowest BCUT2D eigenvalue weighted by Gasteiger charge is -2.13. The Morgan fingerprint density at radius 2 is 2.00 bits per heavy atom. The molecule has 0 aliphatic rings. The highest BCUT2D eigenvalue weighted by molar-refractivity contribution is 7.52. The quantitative estimate of drug-likeness (QED) is 0.645. The summed E-state index contributed by atoms with van der Waals surface area (Å²) in [5.74, 6) is -0.247. The zero-order valence-corrected chi connectivity index (χ0v) is 13.1. The first kappa shape index (κ1) is 15.8. The van der Waals surface area contributed by atoms with Crippen LogP contribution in [0.25, 0.3) is 0 Å². The zero-order chi connectivity index (χ0) is 15.3. The van der Waals surface area contributed by atoms with Crippen LogP contribution >= 0.6 is 18.9 Å². The van der Waals surface area contributed by atoms with Crippen molar-refractivity contribution in [2.24, 2.45) is 0 Å². The molecule has 0 spiro atoms. The molecule has 0 aliphatic heterocycles. The Balaban J connectivity index is 2.08. The van der Waals surface area contributed by atoms with Crippen molar-refractivity contribution in [2.75, 3.05) is 0 Å². The maximum atomic E-state index is 12.2. The first-order chi connectivity index (χ1) is 10.00. The van der Waals surface area contributed by atoms with Gasteiger partial charge in [-0.25, -0.2) is 4.57 Å². The van der Waals surface area contributed by atoms with Crippen LogP contribution in [0.2, 0.25) is 0 Å². The van der Waals surface area contributed by atoms with Crippen molar-refractivity contribution in [1.29, 1.82) is 0 Å². The topological polar surface area (TPSA) is 72.8 Å². The molecular formula is C14H15O5PS. The van der Waals surface area contributed by atoms with E-state index in [0.29, 0.717) is 5.56 Å². The fraction of sp³-hybridized carbons (Fsp3) is 0.214. The minimum Gasteiger partial charge on any atom is -0.422 e. The lowest BCUT2D eigenvalue weighted by molar-refractivity contribution is -0.134. The molecule has 0 radical (unpaired) electrons. The van der Waals surface area contributed by atoms with Gasteiger partial charge >= 0.3 is 13.6 Å². The average Bonchev–Trinajstić information content (AvgIpc) is 2.85. The van der Waals surface area contributed by atoms with E-state index in [0.717, 1.165) is 11.3 Å². The van der Waals surface area contributed by atoms with Gasteiger partial charge in [0.05, 0.1) is 6.16 Å². The fourth-order valence-corrected chi connectivity index (χ4v) is 3.75. The van der Waals surface area contributed by atoms with Crippen LogP contribution in [-0.4, -0.2) is 10.9 Å². The maximum absolute atomic E-state index is 12.2. The second-order valence-electron chi connectivity index (χ2n) is 4.27. The highest BCUT2D eigenvalue weighted by Crippen LogP contribution is 2.50. The number of hydrogen-bond acceptors (Lipinski definition) is 5. The Morgan fingerprint density at radius 1 is 1.29 bits per heavy atom. The summed E-state index contributed by atoms with van der Waals surface area (Å²) >= 11 is 1.11. The molecule has 0 bridgehead atoms. The maximum Gasteiger partial charge on any atom is 0.381 e. The molecule has 0 saturated carbocycles. The van der Waals surface area contributed by atoms with Crippen LogP contribution in [0.5, 0.6) is 10.8 Å². The molecule has 2 rings (SSSR count). The molecule has 0 aliphatic carbocycles. The van der Waals surface area contributed by atoms with Crippen molar-refractivity contribution < 1.29 is 23.5 Å². The predicted octanol–water partition coefficient (Wildman–Crippen LogP) is 3.83. The third kappa shape index (κ3) is 4.70. The largest absolute Gasteiger partial charge is 0.422 e. The summed E-state index contributed by atoms with van der Waals surface area (Å²) in [6.45, 7) is 1.67. The molecule has 1 heterocycles. The number of thiophene rings is 1. The molecule has 1 atom stereocenters. The van der Waals surface area contributed by atoms with E-state index in [-0.39, 0.29) is 23.4 Å². The van der Waals surface area contributed by atoms with Crippen LogP contribution in [-0.2, 0) is 15.5 Å². The van der Waals surface area contributed by atoms with E-state index >= 15 is 0 Å². The van der Waals surface area contributed by atoms with Crippen molar-refractivity contribution in [2.45, 2.75) is 19.5 Å². The summed E-state index contributed by atoms with van der Waals surface area (Å²) in [6.07, 6.45) is 0.114. The molecule has 1 unspecified atom stereocenters. The van der Waals surface area contributed by atoms with Gasteiger partial charge in [0.1, 0.15) is 0 Å². The number of ether oxygens (including phenoxy) is 1. The molecule has 2 aromatic rings. The summed E-state index contributed by atoms with van der Waals surface area (Å²) in [4.78, 5) is 21.2. The average molecular weight is 326 g/mol. The van der Waals surface area contributed by atoms with Gasteiger partial charge in [0.2, 0.25) is 5.06 Å². The lowest BCUT2D eigenvalue weighted by Crippen LogP contribution is -2.05. The Morgan fingerprint density at radius 3 is 2.67 bits per heavy atom. The smallest absolute Gasteiger partial charge is 0.381 e. The molecular weight excluding hydrogens is 311 g/mol. The Hall–Kier alpha value is -1.62. The number of carbonyl (C=O) groups excluding carboxylic acids is 1. The van der Waals surface area contributed by atoms with E-state index in [4.69, 9.17) is 9.26 Å². The monoisotopic (exact) mass is 326 g/mol. The summed E-state index contributed by atoms with van der Waals surface area (Å²) in [6, 6.07) is 10.4. The van der Waals surface area contributed by atoms with Crippen molar-refractivity contribution in [3.8, 4) is 10.8 Å².